The molecule has 0 radical (unpaired) electrons. The molecule has 5 nitrogen and oxygen atoms in total. The summed E-state index contributed by atoms with van der Waals surface area (Å²) in [7, 11) is 0. The van der Waals surface area contributed by atoms with Gasteiger partial charge in [-0.25, -0.2) is 4.98 Å². The van der Waals surface area contributed by atoms with E-state index in [0.717, 1.165) is 46.9 Å². The Bertz CT molecular complexity index is 969. The molecule has 1 fully saturated rings. The Hall–Kier alpha value is -2.57. The summed E-state index contributed by atoms with van der Waals surface area (Å²) >= 11 is 1.99. The Morgan fingerprint density at radius 1 is 1.10 bits per heavy atom. The van der Waals surface area contributed by atoms with Crippen LogP contribution in [0.25, 0.3) is 10.9 Å². The molecule has 29 heavy (non-hydrogen) atoms. The van der Waals surface area contributed by atoms with Gasteiger partial charge in [-0.1, -0.05) is 41.6 Å². The van der Waals surface area contributed by atoms with E-state index in [1.165, 1.54) is 5.56 Å². The van der Waals surface area contributed by atoms with Crippen LogP contribution in [-0.2, 0) is 11.3 Å². The number of hydrogen-bond donors (Lipinski definition) is 1. The predicted octanol–water partition coefficient (Wildman–Crippen LogP) is 4.26. The average molecular weight is 408 g/mol. The fraction of sp³-hybridized carbons (Fsp3) is 0.304. The molecule has 1 saturated heterocycles. The lowest BCUT2D eigenvalue weighted by atomic mass is 10.1. The van der Waals surface area contributed by atoms with Crippen molar-refractivity contribution in [3.05, 3.63) is 71.9 Å². The van der Waals surface area contributed by atoms with Gasteiger partial charge in [0.1, 0.15) is 18.1 Å². The van der Waals surface area contributed by atoms with Crippen molar-refractivity contribution in [2.45, 2.75) is 18.6 Å². The standard InChI is InChI=1S/C23H25N3O2S/c1-17(22-11-8-19-4-2-3-5-23(19)25-22)26-28-13-12-27-20-9-6-18(7-10-20)14-21-15-24-16-29-21/h2-11,21,24H,12-16H2,1H3. The summed E-state index contributed by atoms with van der Waals surface area (Å²) in [6.45, 7) is 3.82. The number of ether oxygens (including phenoxy) is 1. The maximum atomic E-state index is 5.75. The van der Waals surface area contributed by atoms with Gasteiger partial charge in [0.25, 0.3) is 0 Å². The van der Waals surface area contributed by atoms with E-state index >= 15 is 0 Å². The first-order valence-corrected chi connectivity index (χ1v) is 10.9. The number of fused-ring (bicyclic) bond motifs is 1. The molecule has 0 saturated carbocycles. The number of benzene rings is 2. The van der Waals surface area contributed by atoms with Gasteiger partial charge in [0.05, 0.1) is 11.2 Å². The lowest BCUT2D eigenvalue weighted by molar-refractivity contribution is 0.107. The minimum absolute atomic E-state index is 0.386. The van der Waals surface area contributed by atoms with E-state index in [1.807, 2.05) is 67.2 Å². The Kier molecular flexibility index (Phi) is 6.64. The summed E-state index contributed by atoms with van der Waals surface area (Å²) in [5.41, 5.74) is 3.86. The predicted molar refractivity (Wildman–Crippen MR) is 120 cm³/mol. The molecule has 0 aliphatic carbocycles. The highest BCUT2D eigenvalue weighted by atomic mass is 32.2. The van der Waals surface area contributed by atoms with Crippen LogP contribution in [-0.4, -0.2) is 41.6 Å². The quantitative estimate of drug-likeness (QED) is 0.344. The van der Waals surface area contributed by atoms with E-state index in [-0.39, 0.29) is 0 Å². The van der Waals surface area contributed by atoms with Crippen LogP contribution in [0.2, 0.25) is 0 Å². The number of hydrogen-bond acceptors (Lipinski definition) is 6. The topological polar surface area (TPSA) is 55.7 Å². The highest BCUT2D eigenvalue weighted by Crippen LogP contribution is 2.21. The van der Waals surface area contributed by atoms with Gasteiger partial charge in [0.2, 0.25) is 0 Å². The molecule has 1 aromatic heterocycles. The van der Waals surface area contributed by atoms with Gasteiger partial charge < -0.3 is 14.9 Å². The molecule has 1 unspecified atom stereocenters. The van der Waals surface area contributed by atoms with Crippen molar-refractivity contribution in [1.82, 2.24) is 10.3 Å². The fourth-order valence-corrected chi connectivity index (χ4v) is 4.24. The van der Waals surface area contributed by atoms with Crippen molar-refractivity contribution in [2.75, 3.05) is 25.6 Å². The van der Waals surface area contributed by atoms with Gasteiger partial charge in [-0.15, -0.1) is 11.8 Å². The van der Waals surface area contributed by atoms with Gasteiger partial charge in [-0.2, -0.15) is 0 Å². The van der Waals surface area contributed by atoms with Gasteiger partial charge in [-0.3, -0.25) is 0 Å². The maximum absolute atomic E-state index is 5.75. The molecule has 3 aromatic rings. The number of rotatable bonds is 8. The highest BCUT2D eigenvalue weighted by Gasteiger charge is 2.15. The minimum atomic E-state index is 0.386. The third-order valence-electron chi connectivity index (χ3n) is 4.79. The summed E-state index contributed by atoms with van der Waals surface area (Å²) in [6, 6.07) is 20.4. The van der Waals surface area contributed by atoms with Crippen molar-refractivity contribution in [3.63, 3.8) is 0 Å². The summed E-state index contributed by atoms with van der Waals surface area (Å²) in [6.07, 6.45) is 1.10. The molecule has 1 N–H and O–H groups in total. The molecule has 6 heteroatoms. The fourth-order valence-electron chi connectivity index (χ4n) is 3.22. The summed E-state index contributed by atoms with van der Waals surface area (Å²) < 4.78 is 5.75. The van der Waals surface area contributed by atoms with Crippen molar-refractivity contribution < 1.29 is 9.57 Å². The number of aromatic nitrogens is 1. The van der Waals surface area contributed by atoms with E-state index in [9.17, 15) is 0 Å². The third kappa shape index (κ3) is 5.49. The maximum Gasteiger partial charge on any atom is 0.151 e. The molecule has 0 amide bonds. The lowest BCUT2D eigenvalue weighted by Crippen LogP contribution is -2.14. The van der Waals surface area contributed by atoms with E-state index in [2.05, 4.69) is 27.6 Å². The highest BCUT2D eigenvalue weighted by molar-refractivity contribution is 8.00. The van der Waals surface area contributed by atoms with Gasteiger partial charge >= 0.3 is 0 Å². The van der Waals surface area contributed by atoms with Crippen LogP contribution in [0.1, 0.15) is 18.2 Å². The number of para-hydroxylation sites is 1. The number of nitrogens with one attached hydrogen (secondary N) is 1. The van der Waals surface area contributed by atoms with Crippen LogP contribution in [0.3, 0.4) is 0 Å². The summed E-state index contributed by atoms with van der Waals surface area (Å²) in [5.74, 6) is 1.91. The molecule has 1 aliphatic rings. The van der Waals surface area contributed by atoms with Crippen LogP contribution in [0.15, 0.2) is 65.8 Å². The van der Waals surface area contributed by atoms with E-state index < -0.39 is 0 Å². The number of nitrogens with zero attached hydrogens (tertiary/aromatic N) is 2. The van der Waals surface area contributed by atoms with E-state index in [4.69, 9.17) is 9.57 Å². The normalized spacial score (nSPS) is 16.9. The van der Waals surface area contributed by atoms with Crippen LogP contribution in [0, 0.1) is 0 Å². The third-order valence-corrected chi connectivity index (χ3v) is 5.97. The second kappa shape index (κ2) is 9.76. The minimum Gasteiger partial charge on any atom is -0.490 e. The largest absolute Gasteiger partial charge is 0.490 e. The average Bonchev–Trinajstić information content (AvgIpc) is 3.27. The Morgan fingerprint density at radius 2 is 1.97 bits per heavy atom. The first-order valence-electron chi connectivity index (χ1n) is 9.85. The molecule has 4 rings (SSSR count). The SMILES string of the molecule is CC(=NOCCOc1ccc(CC2CNCS2)cc1)c1ccc2ccccc2n1. The van der Waals surface area contributed by atoms with E-state index in [0.29, 0.717) is 18.5 Å². The zero-order chi connectivity index (χ0) is 19.9. The van der Waals surface area contributed by atoms with Crippen molar-refractivity contribution >= 4 is 28.4 Å². The van der Waals surface area contributed by atoms with Crippen molar-refractivity contribution in [1.29, 1.82) is 0 Å². The molecule has 0 bridgehead atoms. The molecule has 1 atom stereocenters. The zero-order valence-corrected chi connectivity index (χ0v) is 17.3. The lowest BCUT2D eigenvalue weighted by Gasteiger charge is -2.09. The van der Waals surface area contributed by atoms with Crippen molar-refractivity contribution in [3.8, 4) is 5.75 Å². The second-order valence-electron chi connectivity index (χ2n) is 6.98. The molecule has 2 aromatic carbocycles. The monoisotopic (exact) mass is 407 g/mol. The van der Waals surface area contributed by atoms with Crippen LogP contribution in [0.5, 0.6) is 5.75 Å². The number of thioether (sulfide) groups is 1. The van der Waals surface area contributed by atoms with E-state index in [1.54, 1.807) is 0 Å². The second-order valence-corrected chi connectivity index (χ2v) is 8.27. The molecular formula is C23H25N3O2S. The Morgan fingerprint density at radius 3 is 2.79 bits per heavy atom. The van der Waals surface area contributed by atoms with Crippen LogP contribution >= 0.6 is 11.8 Å². The summed E-state index contributed by atoms with van der Waals surface area (Å²) in [5, 5.41) is 9.34. The van der Waals surface area contributed by atoms with Crippen LogP contribution in [0.4, 0.5) is 0 Å². The molecule has 0 spiro atoms. The molecule has 150 valence electrons. The molecule has 2 heterocycles. The number of oxime groups is 1. The molecular weight excluding hydrogens is 382 g/mol. The Balaban J connectivity index is 1.22. The Labute approximate surface area is 175 Å². The van der Waals surface area contributed by atoms with Crippen molar-refractivity contribution in [2.24, 2.45) is 5.16 Å². The summed E-state index contributed by atoms with van der Waals surface area (Å²) in [4.78, 5) is 10.0. The first kappa shape index (κ1) is 19.7. The van der Waals surface area contributed by atoms with Gasteiger partial charge in [0, 0.05) is 23.1 Å². The smallest absolute Gasteiger partial charge is 0.151 e. The number of pyridine rings is 1. The zero-order valence-electron chi connectivity index (χ0n) is 16.5. The molecule has 1 aliphatic heterocycles. The van der Waals surface area contributed by atoms with Gasteiger partial charge in [-0.05, 0) is 43.2 Å². The van der Waals surface area contributed by atoms with Crippen LogP contribution < -0.4 is 10.1 Å². The van der Waals surface area contributed by atoms with Gasteiger partial charge in [0.15, 0.2) is 6.61 Å². The first-order chi connectivity index (χ1) is 14.3.